The summed E-state index contributed by atoms with van der Waals surface area (Å²) in [6.45, 7) is 6.19. The van der Waals surface area contributed by atoms with Crippen LogP contribution >= 0.6 is 11.3 Å². The zero-order chi connectivity index (χ0) is 17.1. The van der Waals surface area contributed by atoms with Crippen molar-refractivity contribution in [3.05, 3.63) is 52.8 Å². The summed E-state index contributed by atoms with van der Waals surface area (Å²) in [5.74, 6) is 0.708. The van der Waals surface area contributed by atoms with E-state index in [2.05, 4.69) is 34.8 Å². The summed E-state index contributed by atoms with van der Waals surface area (Å²) in [7, 11) is 0. The average Bonchev–Trinajstić information content (AvgIpc) is 3.20. The number of para-hydroxylation sites is 2. The number of hydrogen-bond acceptors (Lipinski definition) is 4. The van der Waals surface area contributed by atoms with Gasteiger partial charge in [-0.1, -0.05) is 12.1 Å². The molecule has 124 valence electrons. The third-order valence-corrected chi connectivity index (χ3v) is 4.35. The molecular weight excluding hydrogens is 320 g/mol. The van der Waals surface area contributed by atoms with Crippen LogP contribution in [0.1, 0.15) is 44.4 Å². The number of rotatable bonds is 5. The maximum absolute atomic E-state index is 12.2. The van der Waals surface area contributed by atoms with Gasteiger partial charge >= 0.3 is 0 Å². The van der Waals surface area contributed by atoms with Gasteiger partial charge in [0.05, 0.1) is 28.3 Å². The van der Waals surface area contributed by atoms with Crippen molar-refractivity contribution in [2.24, 2.45) is 0 Å². The minimum Gasteiger partial charge on any atom is -0.343 e. The second kappa shape index (κ2) is 6.97. The topological polar surface area (TPSA) is 59.8 Å². The standard InChI is InChI=1S/C18H20N4OS/c1-12(2)22-16-7-5-4-6-15(16)21-18(22)13(3)20-17(23)9-8-14-10-24-11-19-14/h4-13H,1-3H3,(H,20,23)/b9-8+. The predicted molar refractivity (Wildman–Crippen MR) is 97.8 cm³/mol. The Kier molecular flexibility index (Phi) is 4.76. The Morgan fingerprint density at radius 2 is 2.08 bits per heavy atom. The van der Waals surface area contributed by atoms with E-state index in [0.717, 1.165) is 22.6 Å². The van der Waals surface area contributed by atoms with Crippen molar-refractivity contribution in [2.45, 2.75) is 32.9 Å². The summed E-state index contributed by atoms with van der Waals surface area (Å²) < 4.78 is 2.17. The monoisotopic (exact) mass is 340 g/mol. The third kappa shape index (κ3) is 3.38. The van der Waals surface area contributed by atoms with Gasteiger partial charge in [0.2, 0.25) is 5.91 Å². The fourth-order valence-electron chi connectivity index (χ4n) is 2.70. The molecule has 2 heterocycles. The van der Waals surface area contributed by atoms with Gasteiger partial charge in [0.1, 0.15) is 5.82 Å². The molecule has 0 aliphatic heterocycles. The zero-order valence-electron chi connectivity index (χ0n) is 13.9. The van der Waals surface area contributed by atoms with Crippen LogP contribution in [0.25, 0.3) is 17.1 Å². The second-order valence-corrected chi connectivity index (χ2v) is 6.62. The lowest BCUT2D eigenvalue weighted by molar-refractivity contribution is -0.117. The number of fused-ring (bicyclic) bond motifs is 1. The van der Waals surface area contributed by atoms with Gasteiger partial charge in [-0.25, -0.2) is 9.97 Å². The lowest BCUT2D eigenvalue weighted by Crippen LogP contribution is -2.27. The molecule has 1 atom stereocenters. The van der Waals surface area contributed by atoms with E-state index in [0.29, 0.717) is 0 Å². The van der Waals surface area contributed by atoms with Crippen LogP contribution in [-0.2, 0) is 4.79 Å². The van der Waals surface area contributed by atoms with Gasteiger partial charge in [0.15, 0.2) is 0 Å². The van der Waals surface area contributed by atoms with E-state index in [1.165, 1.54) is 17.4 Å². The number of thiazole rings is 1. The van der Waals surface area contributed by atoms with E-state index in [1.54, 1.807) is 11.6 Å². The number of benzene rings is 1. The highest BCUT2D eigenvalue weighted by atomic mass is 32.1. The van der Waals surface area contributed by atoms with Crippen LogP contribution in [0.4, 0.5) is 0 Å². The minimum atomic E-state index is -0.188. The number of aromatic nitrogens is 3. The Labute approximate surface area is 145 Å². The van der Waals surface area contributed by atoms with Crippen molar-refractivity contribution in [3.8, 4) is 0 Å². The number of amides is 1. The summed E-state index contributed by atoms with van der Waals surface area (Å²) in [5.41, 5.74) is 4.56. The maximum atomic E-state index is 12.2. The Morgan fingerprint density at radius 1 is 1.29 bits per heavy atom. The van der Waals surface area contributed by atoms with Crippen molar-refractivity contribution >= 4 is 34.4 Å². The van der Waals surface area contributed by atoms with Gasteiger partial charge in [0.25, 0.3) is 0 Å². The molecule has 3 aromatic rings. The number of nitrogens with zero attached hydrogens (tertiary/aromatic N) is 3. The van der Waals surface area contributed by atoms with Crippen molar-refractivity contribution in [1.29, 1.82) is 0 Å². The SMILES string of the molecule is CC(NC(=O)/C=C/c1cscn1)c1nc2ccccc2n1C(C)C. The molecule has 0 spiro atoms. The first kappa shape index (κ1) is 16.4. The highest BCUT2D eigenvalue weighted by Gasteiger charge is 2.19. The van der Waals surface area contributed by atoms with Crippen LogP contribution in [0.15, 0.2) is 41.2 Å². The normalized spacial score (nSPS) is 13.0. The van der Waals surface area contributed by atoms with Gasteiger partial charge in [-0.3, -0.25) is 4.79 Å². The van der Waals surface area contributed by atoms with Crippen molar-refractivity contribution in [1.82, 2.24) is 19.9 Å². The van der Waals surface area contributed by atoms with Gasteiger partial charge in [-0.2, -0.15) is 0 Å². The number of carbonyl (C=O) groups is 1. The second-order valence-electron chi connectivity index (χ2n) is 5.90. The lowest BCUT2D eigenvalue weighted by atomic mass is 10.2. The largest absolute Gasteiger partial charge is 0.343 e. The molecule has 5 nitrogen and oxygen atoms in total. The Bertz CT molecular complexity index is 864. The predicted octanol–water partition coefficient (Wildman–Crippen LogP) is 3.96. The molecule has 0 aliphatic rings. The Hall–Kier alpha value is -2.47. The molecule has 0 radical (unpaired) electrons. The fourth-order valence-corrected chi connectivity index (χ4v) is 3.22. The lowest BCUT2D eigenvalue weighted by Gasteiger charge is -2.18. The third-order valence-electron chi connectivity index (χ3n) is 3.74. The minimum absolute atomic E-state index is 0.155. The van der Waals surface area contributed by atoms with E-state index < -0.39 is 0 Å². The van der Waals surface area contributed by atoms with Crippen LogP contribution < -0.4 is 5.32 Å². The van der Waals surface area contributed by atoms with Crippen molar-refractivity contribution < 1.29 is 4.79 Å². The molecule has 1 unspecified atom stereocenters. The fraction of sp³-hybridized carbons (Fsp3) is 0.278. The highest BCUT2D eigenvalue weighted by molar-refractivity contribution is 7.07. The number of carbonyl (C=O) groups excluding carboxylic acids is 1. The molecule has 1 amide bonds. The smallest absolute Gasteiger partial charge is 0.244 e. The van der Waals surface area contributed by atoms with Crippen molar-refractivity contribution in [3.63, 3.8) is 0 Å². The Morgan fingerprint density at radius 3 is 2.79 bits per heavy atom. The molecule has 0 saturated heterocycles. The molecule has 1 N–H and O–H groups in total. The molecule has 0 fully saturated rings. The van der Waals surface area contributed by atoms with Crippen LogP contribution in [0.3, 0.4) is 0 Å². The summed E-state index contributed by atoms with van der Waals surface area (Å²) >= 11 is 1.50. The molecule has 1 aromatic carbocycles. The summed E-state index contributed by atoms with van der Waals surface area (Å²) in [6.07, 6.45) is 3.22. The zero-order valence-corrected chi connectivity index (χ0v) is 14.7. The quantitative estimate of drug-likeness (QED) is 0.715. The molecule has 0 bridgehead atoms. The first-order chi connectivity index (χ1) is 11.6. The van der Waals surface area contributed by atoms with Gasteiger partial charge in [-0.15, -0.1) is 11.3 Å². The van der Waals surface area contributed by atoms with E-state index in [1.807, 2.05) is 30.5 Å². The highest BCUT2D eigenvalue weighted by Crippen LogP contribution is 2.24. The summed E-state index contributed by atoms with van der Waals surface area (Å²) in [5, 5.41) is 4.88. The van der Waals surface area contributed by atoms with Crippen LogP contribution in [0.2, 0.25) is 0 Å². The molecule has 24 heavy (non-hydrogen) atoms. The van der Waals surface area contributed by atoms with E-state index in [-0.39, 0.29) is 18.0 Å². The van der Waals surface area contributed by atoms with E-state index in [9.17, 15) is 4.79 Å². The molecule has 0 saturated carbocycles. The molecule has 0 aliphatic carbocycles. The van der Waals surface area contributed by atoms with Gasteiger partial charge < -0.3 is 9.88 Å². The molecule has 6 heteroatoms. The summed E-state index contributed by atoms with van der Waals surface area (Å²) in [4.78, 5) is 21.0. The number of hydrogen-bond donors (Lipinski definition) is 1. The van der Waals surface area contributed by atoms with E-state index >= 15 is 0 Å². The van der Waals surface area contributed by atoms with Gasteiger partial charge in [-0.05, 0) is 39.0 Å². The van der Waals surface area contributed by atoms with Crippen molar-refractivity contribution in [2.75, 3.05) is 0 Å². The summed E-state index contributed by atoms with van der Waals surface area (Å²) in [6, 6.07) is 8.11. The molecular formula is C18H20N4OS. The van der Waals surface area contributed by atoms with Crippen LogP contribution in [0, 0.1) is 0 Å². The number of nitrogens with one attached hydrogen (secondary N) is 1. The van der Waals surface area contributed by atoms with Gasteiger partial charge in [0, 0.05) is 17.5 Å². The number of imidazole rings is 1. The molecule has 2 aromatic heterocycles. The first-order valence-electron chi connectivity index (χ1n) is 7.90. The molecule has 3 rings (SSSR count). The first-order valence-corrected chi connectivity index (χ1v) is 8.84. The Balaban J connectivity index is 1.82. The maximum Gasteiger partial charge on any atom is 0.244 e. The van der Waals surface area contributed by atoms with E-state index in [4.69, 9.17) is 4.98 Å². The van der Waals surface area contributed by atoms with Crippen LogP contribution in [-0.4, -0.2) is 20.4 Å². The van der Waals surface area contributed by atoms with Crippen LogP contribution in [0.5, 0.6) is 0 Å². The average molecular weight is 340 g/mol.